The predicted molar refractivity (Wildman–Crippen MR) is 98.9 cm³/mol. The van der Waals surface area contributed by atoms with E-state index in [0.717, 1.165) is 11.2 Å². The van der Waals surface area contributed by atoms with E-state index in [1.807, 2.05) is 24.3 Å². The molecule has 1 fully saturated rings. The van der Waals surface area contributed by atoms with E-state index in [1.165, 1.54) is 12.2 Å². The van der Waals surface area contributed by atoms with Crippen molar-refractivity contribution in [1.82, 2.24) is 10.3 Å². The molecule has 1 aliphatic heterocycles. The number of anilines is 2. The standard InChI is InChI=1S/C19H16N4O3/c24-17(9-10-18-22-15-3-1-2-4-16(15)26-18)21-13-5-7-14(8-6-13)23-12-11-20-19(23)25/h1-10H,11-12H2,(H,20,25)(H,21,24)/b10-9+. The molecule has 0 atom stereocenters. The first kappa shape index (κ1) is 15.9. The molecular formula is C19H16N4O3. The lowest BCUT2D eigenvalue weighted by atomic mass is 10.2. The number of para-hydroxylation sites is 2. The molecule has 1 aromatic heterocycles. The summed E-state index contributed by atoms with van der Waals surface area (Å²) in [5, 5.41) is 5.51. The summed E-state index contributed by atoms with van der Waals surface area (Å²) in [6, 6.07) is 14.4. The molecule has 0 spiro atoms. The van der Waals surface area contributed by atoms with Crippen molar-refractivity contribution >= 4 is 40.5 Å². The molecule has 0 radical (unpaired) electrons. The van der Waals surface area contributed by atoms with Crippen LogP contribution in [0.1, 0.15) is 5.89 Å². The Kier molecular flexibility index (Phi) is 4.10. The molecule has 26 heavy (non-hydrogen) atoms. The number of nitrogens with zero attached hydrogens (tertiary/aromatic N) is 2. The molecule has 1 aliphatic rings. The molecule has 7 heteroatoms. The van der Waals surface area contributed by atoms with E-state index >= 15 is 0 Å². The summed E-state index contributed by atoms with van der Waals surface area (Å²) in [6.07, 6.45) is 2.89. The number of hydrogen-bond acceptors (Lipinski definition) is 4. The Bertz CT molecular complexity index is 958. The lowest BCUT2D eigenvalue weighted by Crippen LogP contribution is -2.27. The number of aromatic nitrogens is 1. The first-order valence-corrected chi connectivity index (χ1v) is 8.19. The van der Waals surface area contributed by atoms with Gasteiger partial charge in [0.1, 0.15) is 5.52 Å². The predicted octanol–water partition coefficient (Wildman–Crippen LogP) is 3.01. The van der Waals surface area contributed by atoms with Crippen LogP contribution in [0.15, 0.2) is 59.0 Å². The van der Waals surface area contributed by atoms with Crippen LogP contribution in [-0.4, -0.2) is 30.0 Å². The van der Waals surface area contributed by atoms with Gasteiger partial charge in [-0.3, -0.25) is 9.69 Å². The second-order valence-corrected chi connectivity index (χ2v) is 5.77. The van der Waals surface area contributed by atoms with Gasteiger partial charge in [0.05, 0.1) is 0 Å². The van der Waals surface area contributed by atoms with Crippen LogP contribution < -0.4 is 15.5 Å². The number of carbonyl (C=O) groups is 2. The van der Waals surface area contributed by atoms with Gasteiger partial charge in [-0.2, -0.15) is 0 Å². The van der Waals surface area contributed by atoms with Crippen LogP contribution >= 0.6 is 0 Å². The number of amides is 3. The van der Waals surface area contributed by atoms with Crippen molar-refractivity contribution in [1.29, 1.82) is 0 Å². The number of rotatable bonds is 4. The van der Waals surface area contributed by atoms with E-state index in [1.54, 1.807) is 29.2 Å². The van der Waals surface area contributed by atoms with E-state index < -0.39 is 0 Å². The van der Waals surface area contributed by atoms with E-state index in [2.05, 4.69) is 15.6 Å². The molecule has 130 valence electrons. The van der Waals surface area contributed by atoms with E-state index in [-0.39, 0.29) is 11.9 Å². The van der Waals surface area contributed by atoms with Crippen LogP contribution in [-0.2, 0) is 4.79 Å². The number of hydrogen-bond donors (Lipinski definition) is 2. The molecule has 2 aromatic carbocycles. The fraction of sp³-hybridized carbons (Fsp3) is 0.105. The largest absolute Gasteiger partial charge is 0.437 e. The second-order valence-electron chi connectivity index (χ2n) is 5.77. The number of nitrogens with one attached hydrogen (secondary N) is 2. The summed E-state index contributed by atoms with van der Waals surface area (Å²) in [5.41, 5.74) is 2.85. The quantitative estimate of drug-likeness (QED) is 0.710. The highest BCUT2D eigenvalue weighted by Gasteiger charge is 2.20. The van der Waals surface area contributed by atoms with Gasteiger partial charge < -0.3 is 15.1 Å². The Balaban J connectivity index is 1.40. The van der Waals surface area contributed by atoms with Crippen molar-refractivity contribution < 1.29 is 14.0 Å². The Morgan fingerprint density at radius 2 is 2.00 bits per heavy atom. The van der Waals surface area contributed by atoms with Crippen LogP contribution in [0.4, 0.5) is 16.2 Å². The Labute approximate surface area is 149 Å². The van der Waals surface area contributed by atoms with Crippen molar-refractivity contribution in [3.63, 3.8) is 0 Å². The highest BCUT2D eigenvalue weighted by Crippen LogP contribution is 2.20. The Hall–Kier alpha value is -3.61. The van der Waals surface area contributed by atoms with Crippen molar-refractivity contribution in [2.45, 2.75) is 0 Å². The number of urea groups is 1. The third kappa shape index (κ3) is 3.27. The minimum Gasteiger partial charge on any atom is -0.437 e. The highest BCUT2D eigenvalue weighted by atomic mass is 16.3. The second kappa shape index (κ2) is 6.72. The van der Waals surface area contributed by atoms with Gasteiger partial charge in [-0.15, -0.1) is 0 Å². The van der Waals surface area contributed by atoms with Crippen molar-refractivity contribution in [3.05, 3.63) is 60.5 Å². The molecule has 0 aliphatic carbocycles. The van der Waals surface area contributed by atoms with Gasteiger partial charge in [0.25, 0.3) is 0 Å². The summed E-state index contributed by atoms with van der Waals surface area (Å²) in [4.78, 5) is 29.6. The minimum absolute atomic E-state index is 0.108. The third-order valence-electron chi connectivity index (χ3n) is 3.99. The van der Waals surface area contributed by atoms with Gasteiger partial charge in [0.2, 0.25) is 11.8 Å². The Morgan fingerprint density at radius 3 is 2.73 bits per heavy atom. The molecule has 0 saturated carbocycles. The molecule has 0 bridgehead atoms. The van der Waals surface area contributed by atoms with Crippen LogP contribution in [0, 0.1) is 0 Å². The van der Waals surface area contributed by atoms with E-state index in [0.29, 0.717) is 30.3 Å². The van der Waals surface area contributed by atoms with Crippen molar-refractivity contribution in [3.8, 4) is 0 Å². The number of carbonyl (C=O) groups excluding carboxylic acids is 2. The fourth-order valence-electron chi connectivity index (χ4n) is 2.73. The summed E-state index contributed by atoms with van der Waals surface area (Å²) in [6.45, 7) is 1.27. The molecule has 0 unspecified atom stereocenters. The van der Waals surface area contributed by atoms with Crippen LogP contribution in [0.5, 0.6) is 0 Å². The van der Waals surface area contributed by atoms with Gasteiger partial charge in [-0.05, 0) is 36.4 Å². The van der Waals surface area contributed by atoms with Gasteiger partial charge in [-0.1, -0.05) is 12.1 Å². The highest BCUT2D eigenvalue weighted by molar-refractivity contribution is 6.02. The summed E-state index contributed by atoms with van der Waals surface area (Å²) >= 11 is 0. The maximum Gasteiger partial charge on any atom is 0.321 e. The third-order valence-corrected chi connectivity index (χ3v) is 3.99. The number of fused-ring (bicyclic) bond motifs is 1. The van der Waals surface area contributed by atoms with Crippen LogP contribution in [0.3, 0.4) is 0 Å². The zero-order valence-corrected chi connectivity index (χ0v) is 13.8. The maximum absolute atomic E-state index is 12.1. The zero-order valence-electron chi connectivity index (χ0n) is 13.8. The lowest BCUT2D eigenvalue weighted by Gasteiger charge is -2.14. The first-order chi connectivity index (χ1) is 12.7. The zero-order chi connectivity index (χ0) is 17.9. The summed E-state index contributed by atoms with van der Waals surface area (Å²) in [5.74, 6) is 0.0793. The minimum atomic E-state index is -0.293. The van der Waals surface area contributed by atoms with Gasteiger partial charge in [0, 0.05) is 36.6 Å². The lowest BCUT2D eigenvalue weighted by molar-refractivity contribution is -0.111. The molecule has 2 N–H and O–H groups in total. The Morgan fingerprint density at radius 1 is 1.19 bits per heavy atom. The number of benzene rings is 2. The normalized spacial score (nSPS) is 14.2. The van der Waals surface area contributed by atoms with E-state index in [4.69, 9.17) is 4.42 Å². The van der Waals surface area contributed by atoms with Crippen LogP contribution in [0.2, 0.25) is 0 Å². The van der Waals surface area contributed by atoms with Gasteiger partial charge in [-0.25, -0.2) is 9.78 Å². The van der Waals surface area contributed by atoms with E-state index in [9.17, 15) is 9.59 Å². The molecule has 2 heterocycles. The fourth-order valence-corrected chi connectivity index (χ4v) is 2.73. The summed E-state index contributed by atoms with van der Waals surface area (Å²) in [7, 11) is 0. The van der Waals surface area contributed by atoms with Gasteiger partial charge in [0.15, 0.2) is 5.58 Å². The first-order valence-electron chi connectivity index (χ1n) is 8.19. The molecule has 3 amide bonds. The summed E-state index contributed by atoms with van der Waals surface area (Å²) < 4.78 is 5.53. The molecule has 1 saturated heterocycles. The average molecular weight is 348 g/mol. The molecule has 7 nitrogen and oxygen atoms in total. The molecular weight excluding hydrogens is 332 g/mol. The molecule has 3 aromatic rings. The van der Waals surface area contributed by atoms with Gasteiger partial charge >= 0.3 is 6.03 Å². The topological polar surface area (TPSA) is 87.5 Å². The average Bonchev–Trinajstić information content (AvgIpc) is 3.26. The van der Waals surface area contributed by atoms with Crippen LogP contribution in [0.25, 0.3) is 17.2 Å². The van der Waals surface area contributed by atoms with Crippen molar-refractivity contribution in [2.75, 3.05) is 23.3 Å². The van der Waals surface area contributed by atoms with Crippen molar-refractivity contribution in [2.24, 2.45) is 0 Å². The monoisotopic (exact) mass is 348 g/mol. The molecule has 4 rings (SSSR count). The maximum atomic E-state index is 12.1. The smallest absolute Gasteiger partial charge is 0.321 e. The number of oxazole rings is 1. The SMILES string of the molecule is O=C(/C=C/c1nc2ccccc2o1)Nc1ccc(N2CCNC2=O)cc1.